The van der Waals surface area contributed by atoms with E-state index in [1.165, 1.54) is 103 Å². The van der Waals surface area contributed by atoms with Gasteiger partial charge in [0.25, 0.3) is 0 Å². The van der Waals surface area contributed by atoms with Crippen molar-refractivity contribution < 1.29 is 24.7 Å². The first-order chi connectivity index (χ1) is 16.3. The number of halogens is 2. The minimum Gasteiger partial charge on any atom is -0.396 e. The highest BCUT2D eigenvalue weighted by atomic mass is 19.0. The van der Waals surface area contributed by atoms with Gasteiger partial charge < -0.3 is 25.1 Å². The molecule has 7 heteroatoms. The summed E-state index contributed by atoms with van der Waals surface area (Å²) < 4.78 is 0. The Kier molecular flexibility index (Phi) is 37.7. The molecule has 0 unspecified atom stereocenters. The first-order valence-corrected chi connectivity index (χ1v) is 14.6. The van der Waals surface area contributed by atoms with Gasteiger partial charge in [-0.05, 0) is 38.9 Å². The van der Waals surface area contributed by atoms with Gasteiger partial charge in [-0.3, -0.25) is 9.41 Å². The molecule has 0 bridgehead atoms. The van der Waals surface area contributed by atoms with E-state index in [1.807, 2.05) is 0 Å². The van der Waals surface area contributed by atoms with Crippen LogP contribution in [0.25, 0.3) is 0 Å². The monoisotopic (exact) mass is 512 g/mol. The van der Waals surface area contributed by atoms with E-state index < -0.39 is 0 Å². The van der Waals surface area contributed by atoms with E-state index in [-0.39, 0.29) is 29.2 Å². The van der Waals surface area contributed by atoms with Crippen LogP contribution in [0.2, 0.25) is 0 Å². The molecule has 0 amide bonds. The first-order valence-electron chi connectivity index (χ1n) is 14.6. The lowest BCUT2D eigenvalue weighted by molar-refractivity contribution is 0.159. The summed E-state index contributed by atoms with van der Waals surface area (Å²) in [4.78, 5) is 4.61. The average Bonchev–Trinajstić information content (AvgIpc) is 2.82. The second-order valence-electron chi connectivity index (χ2n) is 9.86. The average molecular weight is 513 g/mol. The second-order valence-corrected chi connectivity index (χ2v) is 9.86. The maximum absolute atomic E-state index is 9.37. The van der Waals surface area contributed by atoms with Crippen molar-refractivity contribution in [1.29, 1.82) is 0 Å². The van der Waals surface area contributed by atoms with E-state index >= 15 is 0 Å². The molecule has 0 radical (unpaired) electrons. The van der Waals surface area contributed by atoms with Gasteiger partial charge in [-0.2, -0.15) is 0 Å². The Bertz CT molecular complexity index is 369. The van der Waals surface area contributed by atoms with Crippen LogP contribution in [0.4, 0.5) is 9.41 Å². The highest BCUT2D eigenvalue weighted by Gasteiger charge is 2.07. The molecular weight excluding hydrogens is 450 g/mol. The maximum Gasteiger partial charge on any atom is 0.0558 e. The third kappa shape index (κ3) is 29.8. The van der Waals surface area contributed by atoms with Gasteiger partial charge in [0.15, 0.2) is 0 Å². The number of hydrogen-bond acceptors (Lipinski definition) is 5. The van der Waals surface area contributed by atoms with Gasteiger partial charge in [0.2, 0.25) is 0 Å². The third-order valence-corrected chi connectivity index (χ3v) is 6.74. The van der Waals surface area contributed by atoms with Gasteiger partial charge in [0, 0.05) is 26.2 Å². The molecule has 0 saturated carbocycles. The molecule has 216 valence electrons. The predicted octanol–water partition coefficient (Wildman–Crippen LogP) is 5.91. The zero-order valence-corrected chi connectivity index (χ0v) is 23.1. The number of hydrogen-bond donors (Lipinski definition) is 3. The fourth-order valence-corrected chi connectivity index (χ4v) is 4.65. The largest absolute Gasteiger partial charge is 0.396 e. The molecule has 0 heterocycles. The zero-order chi connectivity index (χ0) is 24.2. The maximum atomic E-state index is 9.37. The van der Waals surface area contributed by atoms with E-state index in [0.29, 0.717) is 6.54 Å². The van der Waals surface area contributed by atoms with Crippen molar-refractivity contribution in [3.63, 3.8) is 0 Å². The van der Waals surface area contributed by atoms with Gasteiger partial charge in [-0.1, -0.05) is 103 Å². The highest BCUT2D eigenvalue weighted by Crippen LogP contribution is 2.14. The molecule has 5 nitrogen and oxygen atoms in total. The van der Waals surface area contributed by atoms with Crippen molar-refractivity contribution >= 4 is 0 Å². The normalized spacial score (nSPS) is 11.1. The summed E-state index contributed by atoms with van der Waals surface area (Å²) in [6, 6.07) is 0. The molecule has 0 rings (SSSR count). The summed E-state index contributed by atoms with van der Waals surface area (Å²) >= 11 is 0. The first kappa shape index (κ1) is 39.2. The van der Waals surface area contributed by atoms with E-state index in [2.05, 4.69) is 16.7 Å². The number of aliphatic hydroxyl groups excluding tert-OH is 3. The van der Waals surface area contributed by atoms with Gasteiger partial charge in [0.1, 0.15) is 0 Å². The van der Waals surface area contributed by atoms with Crippen molar-refractivity contribution in [2.75, 3.05) is 59.1 Å². The molecule has 3 N–H and O–H groups in total. The Balaban J connectivity index is -0.00000512. The fraction of sp³-hybridized carbons (Fsp3) is 1.00. The molecule has 0 saturated heterocycles. The molecule has 0 aliphatic rings. The van der Waals surface area contributed by atoms with Crippen LogP contribution in [0.1, 0.15) is 122 Å². The molecule has 0 spiro atoms. The Labute approximate surface area is 216 Å². The minimum absolute atomic E-state index is 0. The Morgan fingerprint density at radius 2 is 0.657 bits per heavy atom. The summed E-state index contributed by atoms with van der Waals surface area (Å²) in [5.74, 6) is 0. The number of nitrogens with zero attached hydrogens (tertiary/aromatic N) is 2. The summed E-state index contributed by atoms with van der Waals surface area (Å²) in [5, 5.41) is 27.6. The highest BCUT2D eigenvalue weighted by molar-refractivity contribution is 4.63. The lowest BCUT2D eigenvalue weighted by Crippen LogP contribution is -2.34. The third-order valence-electron chi connectivity index (χ3n) is 6.74. The summed E-state index contributed by atoms with van der Waals surface area (Å²) in [6.45, 7) is 8.20. The van der Waals surface area contributed by atoms with Crippen LogP contribution in [0.3, 0.4) is 0 Å². The molecule has 0 atom stereocenters. The Morgan fingerprint density at radius 1 is 0.343 bits per heavy atom. The van der Waals surface area contributed by atoms with Crippen LogP contribution < -0.4 is 0 Å². The van der Waals surface area contributed by atoms with Crippen molar-refractivity contribution in [2.45, 2.75) is 122 Å². The van der Waals surface area contributed by atoms with Crippen LogP contribution in [0, 0.1) is 0 Å². The molecule has 35 heavy (non-hydrogen) atoms. The molecular formula is C28H62F2N2O3. The molecule has 0 aromatic carbocycles. The summed E-state index contributed by atoms with van der Waals surface area (Å²) in [7, 11) is 0. The Morgan fingerprint density at radius 3 is 1.00 bits per heavy atom. The Hall–Kier alpha value is -0.340. The van der Waals surface area contributed by atoms with Crippen LogP contribution in [-0.2, 0) is 0 Å². The van der Waals surface area contributed by atoms with Crippen molar-refractivity contribution in [3.8, 4) is 0 Å². The van der Waals surface area contributed by atoms with Gasteiger partial charge in [-0.15, -0.1) is 0 Å². The van der Waals surface area contributed by atoms with E-state index in [0.717, 1.165) is 45.6 Å². The number of rotatable bonds is 28. The standard InChI is InChI=1S/C28H60N2O3.2FH/c1-2-3-4-5-6-7-8-9-10-11-12-13-14-15-16-17-20-29(24-27-32)21-18-22-30(25-28-33)23-19-26-31;;/h31-33H,2-28H2,1H3;2*1H. The summed E-state index contributed by atoms with van der Waals surface area (Å²) in [6.07, 6.45) is 24.1. The molecule has 0 aromatic heterocycles. The van der Waals surface area contributed by atoms with Gasteiger partial charge in [-0.25, -0.2) is 0 Å². The van der Waals surface area contributed by atoms with E-state index in [4.69, 9.17) is 5.11 Å². The SMILES string of the molecule is CCCCCCCCCCCCCCCCCCN(CCO)CCCN(CCO)CCCO.F.F. The minimum atomic E-state index is 0. The lowest BCUT2D eigenvalue weighted by Gasteiger charge is -2.25. The lowest BCUT2D eigenvalue weighted by atomic mass is 10.0. The van der Waals surface area contributed by atoms with Crippen molar-refractivity contribution in [3.05, 3.63) is 0 Å². The summed E-state index contributed by atoms with van der Waals surface area (Å²) in [5.41, 5.74) is 0. The second kappa shape index (κ2) is 33.7. The van der Waals surface area contributed by atoms with E-state index in [9.17, 15) is 10.2 Å². The molecule has 0 aliphatic heterocycles. The predicted molar refractivity (Wildman–Crippen MR) is 148 cm³/mol. The van der Waals surface area contributed by atoms with Crippen LogP contribution >= 0.6 is 0 Å². The van der Waals surface area contributed by atoms with Crippen LogP contribution in [0.5, 0.6) is 0 Å². The van der Waals surface area contributed by atoms with Crippen molar-refractivity contribution in [1.82, 2.24) is 9.80 Å². The molecule has 0 aliphatic carbocycles. The number of aliphatic hydroxyl groups is 3. The van der Waals surface area contributed by atoms with E-state index in [1.54, 1.807) is 0 Å². The topological polar surface area (TPSA) is 67.2 Å². The smallest absolute Gasteiger partial charge is 0.0558 e. The van der Waals surface area contributed by atoms with Crippen LogP contribution in [-0.4, -0.2) is 84.2 Å². The van der Waals surface area contributed by atoms with Gasteiger partial charge in [0.05, 0.1) is 13.2 Å². The van der Waals surface area contributed by atoms with Crippen LogP contribution in [0.15, 0.2) is 0 Å². The fourth-order valence-electron chi connectivity index (χ4n) is 4.65. The zero-order valence-electron chi connectivity index (χ0n) is 23.1. The molecule has 0 aromatic rings. The molecule has 0 fully saturated rings. The number of unbranched alkanes of at least 4 members (excludes halogenated alkanes) is 15. The quantitative estimate of drug-likeness (QED) is 0.114. The van der Waals surface area contributed by atoms with Gasteiger partial charge >= 0.3 is 0 Å². The van der Waals surface area contributed by atoms with Crippen molar-refractivity contribution in [2.24, 2.45) is 0 Å².